The first-order chi connectivity index (χ1) is 10.3. The second-order valence-corrected chi connectivity index (χ2v) is 5.18. The third-order valence-electron chi connectivity index (χ3n) is 3.28. The Morgan fingerprint density at radius 2 is 1.19 bits per heavy atom. The Morgan fingerprint density at radius 1 is 0.714 bits per heavy atom. The van der Waals surface area contributed by atoms with Crippen LogP contribution in [0.25, 0.3) is 0 Å². The summed E-state index contributed by atoms with van der Waals surface area (Å²) >= 11 is 0. The molecule has 0 bridgehead atoms. The number of hydrogen-bond donors (Lipinski definition) is 1. The van der Waals surface area contributed by atoms with Crippen LogP contribution in [0.5, 0.6) is 0 Å². The Morgan fingerprint density at radius 3 is 1.67 bits per heavy atom. The largest absolute Gasteiger partial charge is 0.394 e. The van der Waals surface area contributed by atoms with Gasteiger partial charge in [-0.15, -0.1) is 0 Å². The van der Waals surface area contributed by atoms with Crippen molar-refractivity contribution >= 4 is 0 Å². The van der Waals surface area contributed by atoms with Gasteiger partial charge >= 0.3 is 0 Å². The number of hydrogen-bond acceptors (Lipinski definition) is 5. The summed E-state index contributed by atoms with van der Waals surface area (Å²) in [6.45, 7) is 9.28. The van der Waals surface area contributed by atoms with Crippen LogP contribution in [-0.2, 0) is 18.9 Å². The normalized spacial score (nSPS) is 12.7. The molecule has 0 aliphatic rings. The number of ether oxygens (including phenoxy) is 4. The van der Waals surface area contributed by atoms with Crippen molar-refractivity contribution in [2.75, 3.05) is 59.5 Å². The molecule has 0 saturated heterocycles. The second kappa shape index (κ2) is 17.9. The SMILES string of the molecule is CCC(C)CCCCOCCOCCOCCOCCO. The molecule has 0 fully saturated rings. The molecule has 1 N–H and O–H groups in total. The highest BCUT2D eigenvalue weighted by Crippen LogP contribution is 2.10. The fourth-order valence-electron chi connectivity index (χ4n) is 1.73. The van der Waals surface area contributed by atoms with Gasteiger partial charge in [0.15, 0.2) is 0 Å². The fourth-order valence-corrected chi connectivity index (χ4v) is 1.73. The quantitative estimate of drug-likeness (QED) is 0.418. The van der Waals surface area contributed by atoms with Gasteiger partial charge in [0.05, 0.1) is 52.9 Å². The molecule has 0 heterocycles. The van der Waals surface area contributed by atoms with E-state index in [0.717, 1.165) is 18.9 Å². The third kappa shape index (κ3) is 17.7. The van der Waals surface area contributed by atoms with Gasteiger partial charge in [0.1, 0.15) is 0 Å². The van der Waals surface area contributed by atoms with Crippen molar-refractivity contribution in [2.45, 2.75) is 39.5 Å². The lowest BCUT2D eigenvalue weighted by atomic mass is 10.0. The first-order valence-corrected chi connectivity index (χ1v) is 8.23. The van der Waals surface area contributed by atoms with E-state index in [-0.39, 0.29) is 6.61 Å². The summed E-state index contributed by atoms with van der Waals surface area (Å²) in [4.78, 5) is 0. The molecular weight excluding hydrogens is 272 g/mol. The van der Waals surface area contributed by atoms with Crippen LogP contribution in [0, 0.1) is 5.92 Å². The van der Waals surface area contributed by atoms with Crippen molar-refractivity contribution in [1.82, 2.24) is 0 Å². The molecule has 0 rings (SSSR count). The molecule has 0 saturated carbocycles. The van der Waals surface area contributed by atoms with Crippen molar-refractivity contribution in [3.05, 3.63) is 0 Å². The lowest BCUT2D eigenvalue weighted by Crippen LogP contribution is -2.12. The highest BCUT2D eigenvalue weighted by atomic mass is 16.6. The van der Waals surface area contributed by atoms with Crippen LogP contribution in [0.15, 0.2) is 0 Å². The maximum Gasteiger partial charge on any atom is 0.0701 e. The van der Waals surface area contributed by atoms with Crippen molar-refractivity contribution in [1.29, 1.82) is 0 Å². The van der Waals surface area contributed by atoms with E-state index in [1.54, 1.807) is 0 Å². The number of unbranched alkanes of at least 4 members (excludes halogenated alkanes) is 1. The van der Waals surface area contributed by atoms with Gasteiger partial charge in [-0.25, -0.2) is 0 Å². The van der Waals surface area contributed by atoms with E-state index in [2.05, 4.69) is 13.8 Å². The standard InChI is InChI=1S/C16H34O5/c1-3-16(2)6-4-5-8-18-10-12-20-14-15-21-13-11-19-9-7-17/h16-17H,3-15H2,1-2H3. The van der Waals surface area contributed by atoms with Gasteiger partial charge in [-0.05, 0) is 12.3 Å². The Hall–Kier alpha value is -0.200. The molecule has 0 amide bonds. The van der Waals surface area contributed by atoms with E-state index in [9.17, 15) is 0 Å². The molecule has 0 aromatic rings. The molecule has 1 atom stereocenters. The summed E-state index contributed by atoms with van der Waals surface area (Å²) in [6.07, 6.45) is 4.96. The summed E-state index contributed by atoms with van der Waals surface area (Å²) in [5.74, 6) is 0.836. The Balaban J connectivity index is 2.96. The minimum absolute atomic E-state index is 0.0563. The highest BCUT2D eigenvalue weighted by molar-refractivity contribution is 4.50. The molecule has 0 radical (unpaired) electrons. The summed E-state index contributed by atoms with van der Waals surface area (Å²) in [5.41, 5.74) is 0. The average Bonchev–Trinajstić information content (AvgIpc) is 2.50. The van der Waals surface area contributed by atoms with E-state index in [1.165, 1.54) is 19.3 Å². The van der Waals surface area contributed by atoms with Crippen LogP contribution >= 0.6 is 0 Å². The topological polar surface area (TPSA) is 57.2 Å². The van der Waals surface area contributed by atoms with E-state index in [1.807, 2.05) is 0 Å². The molecule has 0 aliphatic carbocycles. The fraction of sp³-hybridized carbons (Fsp3) is 1.00. The summed E-state index contributed by atoms with van der Waals surface area (Å²) in [7, 11) is 0. The zero-order chi connectivity index (χ0) is 15.6. The number of aliphatic hydroxyl groups excluding tert-OH is 1. The molecule has 5 heteroatoms. The van der Waals surface area contributed by atoms with Crippen LogP contribution in [0.3, 0.4) is 0 Å². The monoisotopic (exact) mass is 306 g/mol. The molecule has 128 valence electrons. The smallest absolute Gasteiger partial charge is 0.0701 e. The summed E-state index contributed by atoms with van der Waals surface area (Å²) < 4.78 is 21.3. The van der Waals surface area contributed by atoms with Gasteiger partial charge in [-0.1, -0.05) is 33.1 Å². The molecule has 1 unspecified atom stereocenters. The van der Waals surface area contributed by atoms with Gasteiger partial charge in [0.25, 0.3) is 0 Å². The van der Waals surface area contributed by atoms with Crippen molar-refractivity contribution < 1.29 is 24.1 Å². The first-order valence-electron chi connectivity index (χ1n) is 8.23. The van der Waals surface area contributed by atoms with E-state index < -0.39 is 0 Å². The summed E-state index contributed by atoms with van der Waals surface area (Å²) in [5, 5.41) is 8.50. The Bertz CT molecular complexity index is 190. The minimum Gasteiger partial charge on any atom is -0.394 e. The predicted molar refractivity (Wildman–Crippen MR) is 83.7 cm³/mol. The lowest BCUT2D eigenvalue weighted by molar-refractivity contribution is -0.00581. The molecule has 0 aliphatic heterocycles. The van der Waals surface area contributed by atoms with Gasteiger partial charge in [-0.3, -0.25) is 0 Å². The zero-order valence-corrected chi connectivity index (χ0v) is 13.8. The Labute approximate surface area is 129 Å². The van der Waals surface area contributed by atoms with Crippen LogP contribution < -0.4 is 0 Å². The first kappa shape index (κ1) is 20.8. The maximum atomic E-state index is 8.50. The van der Waals surface area contributed by atoms with Crippen molar-refractivity contribution in [2.24, 2.45) is 5.92 Å². The average molecular weight is 306 g/mol. The number of rotatable bonds is 17. The molecule has 0 spiro atoms. The maximum absolute atomic E-state index is 8.50. The van der Waals surface area contributed by atoms with Crippen molar-refractivity contribution in [3.8, 4) is 0 Å². The van der Waals surface area contributed by atoms with Crippen LogP contribution in [-0.4, -0.2) is 64.6 Å². The van der Waals surface area contributed by atoms with Crippen LogP contribution in [0.1, 0.15) is 39.5 Å². The van der Waals surface area contributed by atoms with E-state index in [0.29, 0.717) is 46.2 Å². The second-order valence-electron chi connectivity index (χ2n) is 5.18. The Kier molecular flexibility index (Phi) is 17.7. The molecular formula is C16H34O5. The molecule has 0 aromatic carbocycles. The van der Waals surface area contributed by atoms with Gasteiger partial charge in [0.2, 0.25) is 0 Å². The lowest BCUT2D eigenvalue weighted by Gasteiger charge is -2.08. The van der Waals surface area contributed by atoms with Gasteiger partial charge in [0, 0.05) is 6.61 Å². The van der Waals surface area contributed by atoms with Gasteiger partial charge < -0.3 is 24.1 Å². The van der Waals surface area contributed by atoms with Crippen molar-refractivity contribution in [3.63, 3.8) is 0 Å². The molecule has 21 heavy (non-hydrogen) atoms. The van der Waals surface area contributed by atoms with Crippen LogP contribution in [0.2, 0.25) is 0 Å². The number of aliphatic hydroxyl groups is 1. The minimum atomic E-state index is 0.0563. The van der Waals surface area contributed by atoms with E-state index >= 15 is 0 Å². The molecule has 5 nitrogen and oxygen atoms in total. The zero-order valence-electron chi connectivity index (χ0n) is 13.8. The summed E-state index contributed by atoms with van der Waals surface area (Å²) in [6, 6.07) is 0. The van der Waals surface area contributed by atoms with E-state index in [4.69, 9.17) is 24.1 Å². The third-order valence-corrected chi connectivity index (χ3v) is 3.28. The predicted octanol–water partition coefficient (Wildman–Crippen LogP) is 2.26. The van der Waals surface area contributed by atoms with Crippen LogP contribution in [0.4, 0.5) is 0 Å². The molecule has 0 aromatic heterocycles. The highest BCUT2D eigenvalue weighted by Gasteiger charge is 1.98. The van der Waals surface area contributed by atoms with Gasteiger partial charge in [-0.2, -0.15) is 0 Å².